The van der Waals surface area contributed by atoms with E-state index in [4.69, 9.17) is 4.74 Å². The summed E-state index contributed by atoms with van der Waals surface area (Å²) in [5, 5.41) is 3.21. The van der Waals surface area contributed by atoms with Crippen molar-refractivity contribution in [3.8, 4) is 0 Å². The summed E-state index contributed by atoms with van der Waals surface area (Å²) in [6.07, 6.45) is 6.57. The fourth-order valence-corrected chi connectivity index (χ4v) is 2.57. The molecule has 4 nitrogen and oxygen atoms in total. The van der Waals surface area contributed by atoms with Crippen LogP contribution in [0.2, 0.25) is 0 Å². The predicted octanol–water partition coefficient (Wildman–Crippen LogP) is 1.81. The van der Waals surface area contributed by atoms with Crippen molar-refractivity contribution in [2.24, 2.45) is 0 Å². The molecular weight excluding hydrogens is 226 g/mol. The van der Waals surface area contributed by atoms with Crippen LogP contribution in [-0.2, 0) is 11.3 Å². The summed E-state index contributed by atoms with van der Waals surface area (Å²) >= 11 is 0. The van der Waals surface area contributed by atoms with Gasteiger partial charge in [0.2, 0.25) is 0 Å². The summed E-state index contributed by atoms with van der Waals surface area (Å²) in [4.78, 5) is 6.67. The zero-order valence-corrected chi connectivity index (χ0v) is 11.4. The van der Waals surface area contributed by atoms with Crippen LogP contribution in [0, 0.1) is 0 Å². The summed E-state index contributed by atoms with van der Waals surface area (Å²) in [6.45, 7) is 5.83. The molecule has 2 heterocycles. The minimum absolute atomic E-state index is 0.367. The van der Waals surface area contributed by atoms with Gasteiger partial charge in [0.25, 0.3) is 0 Å². The van der Waals surface area contributed by atoms with Crippen LogP contribution in [0.5, 0.6) is 0 Å². The quantitative estimate of drug-likeness (QED) is 0.863. The van der Waals surface area contributed by atoms with Gasteiger partial charge in [-0.2, -0.15) is 0 Å². The average molecular weight is 249 g/mol. The second-order valence-electron chi connectivity index (χ2n) is 4.70. The molecule has 2 rings (SSSR count). The lowest BCUT2D eigenvalue weighted by Crippen LogP contribution is -2.40. The number of pyridine rings is 1. The minimum Gasteiger partial charge on any atom is -0.377 e. The number of aromatic nitrogens is 1. The monoisotopic (exact) mass is 249 g/mol. The molecule has 1 N–H and O–H groups in total. The van der Waals surface area contributed by atoms with Crippen LogP contribution in [0.25, 0.3) is 0 Å². The standard InChI is InChI=1S/C14H23N3O/c1-3-18-13-5-4-8-17(11-13)14-10-16-7-6-12(14)9-15-2/h6-7,10,13,15H,3-5,8-9,11H2,1-2H3. The number of hydrogen-bond acceptors (Lipinski definition) is 4. The Balaban J connectivity index is 2.10. The number of ether oxygens (including phenoxy) is 1. The highest BCUT2D eigenvalue weighted by atomic mass is 16.5. The van der Waals surface area contributed by atoms with Crippen molar-refractivity contribution in [1.29, 1.82) is 0 Å². The highest BCUT2D eigenvalue weighted by Gasteiger charge is 2.21. The van der Waals surface area contributed by atoms with Crippen LogP contribution in [0.3, 0.4) is 0 Å². The molecule has 1 aliphatic rings. The number of nitrogens with one attached hydrogen (secondary N) is 1. The first kappa shape index (κ1) is 13.3. The molecule has 0 radical (unpaired) electrons. The molecule has 1 aromatic rings. The lowest BCUT2D eigenvalue weighted by Gasteiger charge is -2.35. The number of nitrogens with zero attached hydrogens (tertiary/aromatic N) is 2. The Kier molecular flexibility index (Phi) is 4.96. The first-order chi connectivity index (χ1) is 8.85. The maximum atomic E-state index is 5.76. The molecule has 4 heteroatoms. The second kappa shape index (κ2) is 6.71. The SMILES string of the molecule is CCOC1CCCN(c2cnccc2CNC)C1. The first-order valence-electron chi connectivity index (χ1n) is 6.79. The third kappa shape index (κ3) is 3.21. The van der Waals surface area contributed by atoms with Gasteiger partial charge >= 0.3 is 0 Å². The van der Waals surface area contributed by atoms with Crippen molar-refractivity contribution >= 4 is 5.69 Å². The van der Waals surface area contributed by atoms with Crippen LogP contribution in [0.4, 0.5) is 5.69 Å². The van der Waals surface area contributed by atoms with E-state index in [0.717, 1.165) is 26.2 Å². The molecule has 0 bridgehead atoms. The third-order valence-electron chi connectivity index (χ3n) is 3.38. The van der Waals surface area contributed by atoms with Gasteiger partial charge in [-0.15, -0.1) is 0 Å². The lowest BCUT2D eigenvalue weighted by molar-refractivity contribution is 0.0526. The largest absolute Gasteiger partial charge is 0.377 e. The van der Waals surface area contributed by atoms with E-state index in [-0.39, 0.29) is 0 Å². The van der Waals surface area contributed by atoms with Crippen LogP contribution in [-0.4, -0.2) is 37.8 Å². The zero-order valence-electron chi connectivity index (χ0n) is 11.4. The summed E-state index contributed by atoms with van der Waals surface area (Å²) in [7, 11) is 1.98. The van der Waals surface area contributed by atoms with Crippen LogP contribution in [0.1, 0.15) is 25.3 Å². The fourth-order valence-electron chi connectivity index (χ4n) is 2.57. The summed E-state index contributed by atoms with van der Waals surface area (Å²) in [5.74, 6) is 0. The first-order valence-corrected chi connectivity index (χ1v) is 6.79. The Labute approximate surface area is 109 Å². The van der Waals surface area contributed by atoms with Gasteiger partial charge in [0.15, 0.2) is 0 Å². The molecule has 1 atom stereocenters. The molecule has 100 valence electrons. The Bertz CT molecular complexity index is 368. The highest BCUT2D eigenvalue weighted by molar-refractivity contribution is 5.52. The van der Waals surface area contributed by atoms with Gasteiger partial charge in [0.05, 0.1) is 18.0 Å². The van der Waals surface area contributed by atoms with Gasteiger partial charge in [-0.05, 0) is 38.4 Å². The van der Waals surface area contributed by atoms with E-state index in [1.54, 1.807) is 0 Å². The van der Waals surface area contributed by atoms with E-state index in [2.05, 4.69) is 28.2 Å². The van der Waals surface area contributed by atoms with Crippen LogP contribution in [0.15, 0.2) is 18.5 Å². The zero-order chi connectivity index (χ0) is 12.8. The number of hydrogen-bond donors (Lipinski definition) is 1. The molecule has 0 aromatic carbocycles. The van der Waals surface area contributed by atoms with E-state index in [1.165, 1.54) is 24.1 Å². The molecule has 0 spiro atoms. The van der Waals surface area contributed by atoms with Gasteiger partial charge in [-0.1, -0.05) is 0 Å². The minimum atomic E-state index is 0.367. The van der Waals surface area contributed by atoms with E-state index in [1.807, 2.05) is 19.4 Å². The fraction of sp³-hybridized carbons (Fsp3) is 0.643. The molecule has 1 aliphatic heterocycles. The smallest absolute Gasteiger partial charge is 0.0750 e. The molecular formula is C14H23N3O. The Morgan fingerprint density at radius 3 is 3.22 bits per heavy atom. The number of anilines is 1. The molecule has 0 aliphatic carbocycles. The van der Waals surface area contributed by atoms with Crippen molar-refractivity contribution in [3.05, 3.63) is 24.0 Å². The Hall–Kier alpha value is -1.13. The number of rotatable bonds is 5. The third-order valence-corrected chi connectivity index (χ3v) is 3.38. The van der Waals surface area contributed by atoms with Gasteiger partial charge in [-0.3, -0.25) is 4.98 Å². The van der Waals surface area contributed by atoms with Crippen molar-refractivity contribution in [1.82, 2.24) is 10.3 Å². The average Bonchev–Trinajstić information content (AvgIpc) is 2.40. The van der Waals surface area contributed by atoms with Gasteiger partial charge < -0.3 is 15.0 Å². The van der Waals surface area contributed by atoms with Gasteiger partial charge in [0.1, 0.15) is 0 Å². The van der Waals surface area contributed by atoms with E-state index < -0.39 is 0 Å². The summed E-state index contributed by atoms with van der Waals surface area (Å²) in [6, 6.07) is 2.09. The van der Waals surface area contributed by atoms with Gasteiger partial charge in [0, 0.05) is 32.4 Å². The Morgan fingerprint density at radius 2 is 2.44 bits per heavy atom. The normalized spacial score (nSPS) is 20.1. The van der Waals surface area contributed by atoms with Gasteiger partial charge in [-0.25, -0.2) is 0 Å². The number of piperidine rings is 1. The summed E-state index contributed by atoms with van der Waals surface area (Å²) in [5.41, 5.74) is 2.56. The molecule has 18 heavy (non-hydrogen) atoms. The highest BCUT2D eigenvalue weighted by Crippen LogP contribution is 2.24. The van der Waals surface area contributed by atoms with Crippen molar-refractivity contribution in [3.63, 3.8) is 0 Å². The molecule has 1 aromatic heterocycles. The maximum absolute atomic E-state index is 5.76. The molecule has 0 amide bonds. The van der Waals surface area contributed by atoms with E-state index in [9.17, 15) is 0 Å². The van der Waals surface area contributed by atoms with Crippen molar-refractivity contribution in [2.75, 3.05) is 31.6 Å². The maximum Gasteiger partial charge on any atom is 0.0750 e. The molecule has 1 fully saturated rings. The van der Waals surface area contributed by atoms with Crippen molar-refractivity contribution in [2.45, 2.75) is 32.4 Å². The van der Waals surface area contributed by atoms with E-state index >= 15 is 0 Å². The second-order valence-corrected chi connectivity index (χ2v) is 4.70. The summed E-state index contributed by atoms with van der Waals surface area (Å²) < 4.78 is 5.76. The topological polar surface area (TPSA) is 37.4 Å². The van der Waals surface area contributed by atoms with Crippen LogP contribution < -0.4 is 10.2 Å². The molecule has 1 saturated heterocycles. The predicted molar refractivity (Wildman–Crippen MR) is 73.9 cm³/mol. The van der Waals surface area contributed by atoms with Crippen molar-refractivity contribution < 1.29 is 4.74 Å². The lowest BCUT2D eigenvalue weighted by atomic mass is 10.1. The Morgan fingerprint density at radius 1 is 1.56 bits per heavy atom. The van der Waals surface area contributed by atoms with Crippen LogP contribution >= 0.6 is 0 Å². The molecule has 0 saturated carbocycles. The van der Waals surface area contributed by atoms with E-state index in [0.29, 0.717) is 6.10 Å². The molecule has 1 unspecified atom stereocenters.